The number of anilines is 2. The first-order valence-corrected chi connectivity index (χ1v) is 9.25. The monoisotopic (exact) mass is 354 g/mol. The molecule has 26 heavy (non-hydrogen) atoms. The van der Waals surface area contributed by atoms with Crippen molar-refractivity contribution in [3.05, 3.63) is 35.2 Å². The molecule has 1 saturated heterocycles. The van der Waals surface area contributed by atoms with E-state index in [0.29, 0.717) is 12.5 Å². The maximum absolute atomic E-state index is 5.49. The number of fused-ring (bicyclic) bond motifs is 1. The summed E-state index contributed by atoms with van der Waals surface area (Å²) in [6.07, 6.45) is 0.856. The second-order valence-electron chi connectivity index (χ2n) is 8.18. The molecule has 0 spiro atoms. The second-order valence-corrected chi connectivity index (χ2v) is 8.18. The molecule has 0 amide bonds. The zero-order chi connectivity index (χ0) is 18.1. The molecule has 0 radical (unpaired) electrons. The summed E-state index contributed by atoms with van der Waals surface area (Å²) in [6, 6.07) is 6.22. The van der Waals surface area contributed by atoms with Crippen LogP contribution in [0.15, 0.2) is 18.2 Å². The number of aromatic nitrogens is 4. The Morgan fingerprint density at radius 3 is 2.73 bits per heavy atom. The lowest BCUT2D eigenvalue weighted by Crippen LogP contribution is -2.50. The van der Waals surface area contributed by atoms with Gasteiger partial charge in [0, 0.05) is 43.0 Å². The van der Waals surface area contributed by atoms with Gasteiger partial charge in [-0.1, -0.05) is 20.8 Å². The molecule has 7 nitrogen and oxygen atoms in total. The molecular weight excluding hydrogens is 328 g/mol. The van der Waals surface area contributed by atoms with E-state index >= 15 is 0 Å². The van der Waals surface area contributed by atoms with Gasteiger partial charge in [0.2, 0.25) is 0 Å². The van der Waals surface area contributed by atoms with Crippen molar-refractivity contribution in [2.75, 3.05) is 36.5 Å². The summed E-state index contributed by atoms with van der Waals surface area (Å²) < 4.78 is 5.49. The molecule has 1 fully saturated rings. The number of rotatable bonds is 4. The lowest BCUT2D eigenvalue weighted by molar-refractivity contribution is 0.109. The van der Waals surface area contributed by atoms with E-state index in [1.54, 1.807) is 0 Å². The largest absolute Gasteiger partial charge is 0.376 e. The third-order valence-electron chi connectivity index (χ3n) is 4.97. The van der Waals surface area contributed by atoms with Crippen LogP contribution in [0.1, 0.15) is 37.7 Å². The van der Waals surface area contributed by atoms with Crippen LogP contribution in [0.5, 0.6) is 0 Å². The number of nitrogens with zero attached hydrogens (tertiary/aromatic N) is 5. The van der Waals surface area contributed by atoms with E-state index < -0.39 is 0 Å². The Balaban J connectivity index is 1.28. The minimum atomic E-state index is 0.0356. The van der Waals surface area contributed by atoms with E-state index in [2.05, 4.69) is 69.6 Å². The predicted molar refractivity (Wildman–Crippen MR) is 100 cm³/mol. The molecule has 2 aliphatic heterocycles. The Morgan fingerprint density at radius 1 is 1.15 bits per heavy atom. The third-order valence-corrected chi connectivity index (χ3v) is 4.97. The Morgan fingerprint density at radius 2 is 2.00 bits per heavy atom. The number of hydrogen-bond acceptors (Lipinski definition) is 7. The minimum Gasteiger partial charge on any atom is -0.376 e. The highest BCUT2D eigenvalue weighted by Crippen LogP contribution is 2.25. The van der Waals surface area contributed by atoms with Gasteiger partial charge in [-0.25, -0.2) is 0 Å². The first-order valence-electron chi connectivity index (χ1n) is 9.25. The van der Waals surface area contributed by atoms with Gasteiger partial charge in [-0.2, -0.15) is 10.2 Å². The van der Waals surface area contributed by atoms with Gasteiger partial charge in [0.1, 0.15) is 5.82 Å². The van der Waals surface area contributed by atoms with Crippen LogP contribution in [0.25, 0.3) is 0 Å². The Labute approximate surface area is 154 Å². The maximum Gasteiger partial charge on any atom is 0.151 e. The molecule has 7 heteroatoms. The van der Waals surface area contributed by atoms with Crippen molar-refractivity contribution >= 4 is 11.6 Å². The highest BCUT2D eigenvalue weighted by molar-refractivity contribution is 5.43. The van der Waals surface area contributed by atoms with Gasteiger partial charge in [0.15, 0.2) is 5.82 Å². The van der Waals surface area contributed by atoms with Gasteiger partial charge in [0.25, 0.3) is 0 Å². The van der Waals surface area contributed by atoms with Crippen molar-refractivity contribution in [1.82, 2.24) is 20.4 Å². The zero-order valence-corrected chi connectivity index (χ0v) is 15.7. The number of nitrogens with one attached hydrogen (secondary N) is 1. The first-order chi connectivity index (χ1) is 12.5. The van der Waals surface area contributed by atoms with Crippen molar-refractivity contribution in [3.63, 3.8) is 0 Å². The highest BCUT2D eigenvalue weighted by atomic mass is 16.5. The van der Waals surface area contributed by atoms with Gasteiger partial charge in [-0.05, 0) is 18.2 Å². The summed E-state index contributed by atoms with van der Waals surface area (Å²) in [7, 11) is 0. The van der Waals surface area contributed by atoms with Crippen LogP contribution in [0.2, 0.25) is 0 Å². The van der Waals surface area contributed by atoms with Crippen molar-refractivity contribution < 1.29 is 4.74 Å². The Kier molecular flexibility index (Phi) is 4.48. The predicted octanol–water partition coefficient (Wildman–Crippen LogP) is 2.19. The van der Waals surface area contributed by atoms with Crippen LogP contribution in [0.3, 0.4) is 0 Å². The molecule has 2 aliphatic rings. The van der Waals surface area contributed by atoms with Crippen molar-refractivity contribution in [3.8, 4) is 0 Å². The molecule has 0 bridgehead atoms. The average Bonchev–Trinajstić information content (AvgIpc) is 2.60. The molecule has 0 aliphatic carbocycles. The molecule has 0 saturated carbocycles. The lowest BCUT2D eigenvalue weighted by Gasteiger charge is -2.40. The fourth-order valence-corrected chi connectivity index (χ4v) is 3.26. The van der Waals surface area contributed by atoms with Crippen molar-refractivity contribution in [2.24, 2.45) is 5.92 Å². The van der Waals surface area contributed by atoms with E-state index in [-0.39, 0.29) is 5.41 Å². The fraction of sp³-hybridized carbons (Fsp3) is 0.579. The van der Waals surface area contributed by atoms with Gasteiger partial charge in [-0.3, -0.25) is 0 Å². The summed E-state index contributed by atoms with van der Waals surface area (Å²) in [6.45, 7) is 10.7. The first kappa shape index (κ1) is 17.1. The lowest BCUT2D eigenvalue weighted by atomic mass is 9.92. The van der Waals surface area contributed by atoms with Gasteiger partial charge in [-0.15, -0.1) is 10.2 Å². The van der Waals surface area contributed by atoms with Crippen LogP contribution in [-0.4, -0.2) is 46.6 Å². The zero-order valence-electron chi connectivity index (χ0n) is 15.7. The Hall–Kier alpha value is -2.28. The van der Waals surface area contributed by atoms with Gasteiger partial charge < -0.3 is 15.0 Å². The highest BCUT2D eigenvalue weighted by Gasteiger charge is 2.28. The van der Waals surface area contributed by atoms with Gasteiger partial charge in [0.05, 0.1) is 24.6 Å². The van der Waals surface area contributed by atoms with E-state index in [1.807, 2.05) is 0 Å². The Bertz CT molecular complexity index is 765. The minimum absolute atomic E-state index is 0.0356. The second kappa shape index (κ2) is 6.79. The molecule has 0 aromatic carbocycles. The van der Waals surface area contributed by atoms with E-state index in [0.717, 1.165) is 61.2 Å². The molecule has 2 aromatic heterocycles. The van der Waals surface area contributed by atoms with Crippen LogP contribution < -0.4 is 10.2 Å². The topological polar surface area (TPSA) is 76.1 Å². The van der Waals surface area contributed by atoms with Crippen LogP contribution in [-0.2, 0) is 23.2 Å². The van der Waals surface area contributed by atoms with Crippen LogP contribution in [0.4, 0.5) is 11.6 Å². The molecule has 0 atom stereocenters. The number of ether oxygens (including phenoxy) is 1. The molecular formula is C19H26N6O. The van der Waals surface area contributed by atoms with E-state index in [4.69, 9.17) is 4.74 Å². The fourth-order valence-electron chi connectivity index (χ4n) is 3.26. The summed E-state index contributed by atoms with van der Waals surface area (Å²) in [5, 5.41) is 20.8. The smallest absolute Gasteiger partial charge is 0.151 e. The van der Waals surface area contributed by atoms with E-state index in [9.17, 15) is 0 Å². The van der Waals surface area contributed by atoms with Gasteiger partial charge >= 0.3 is 0 Å². The number of hydrogen-bond donors (Lipinski definition) is 1. The summed E-state index contributed by atoms with van der Waals surface area (Å²) in [5.41, 5.74) is 3.27. The molecule has 4 heterocycles. The van der Waals surface area contributed by atoms with Crippen molar-refractivity contribution in [1.29, 1.82) is 0 Å². The standard InChI is InChI=1S/C19H26N6O/c1-19(2,3)16-4-5-18(24-22-16)25-10-13(11-25)9-20-17-8-14-12-26-7-6-15(14)21-23-17/h4-5,8,13H,6-7,9-12H2,1-3H3,(H,20,23). The SMILES string of the molecule is CC(C)(C)c1ccc(N2CC(CNc3cc4c(nn3)CCOC4)C2)nn1. The third kappa shape index (κ3) is 3.62. The quantitative estimate of drug-likeness (QED) is 0.902. The molecule has 1 N–H and O–H groups in total. The van der Waals surface area contributed by atoms with E-state index in [1.165, 1.54) is 0 Å². The van der Waals surface area contributed by atoms with Crippen LogP contribution in [0, 0.1) is 5.92 Å². The molecule has 138 valence electrons. The summed E-state index contributed by atoms with van der Waals surface area (Å²) in [5.74, 6) is 2.37. The summed E-state index contributed by atoms with van der Waals surface area (Å²) >= 11 is 0. The van der Waals surface area contributed by atoms with Crippen LogP contribution >= 0.6 is 0 Å². The maximum atomic E-state index is 5.49. The average molecular weight is 354 g/mol. The molecule has 4 rings (SSSR count). The van der Waals surface area contributed by atoms with Crippen molar-refractivity contribution in [2.45, 2.75) is 39.2 Å². The summed E-state index contributed by atoms with van der Waals surface area (Å²) in [4.78, 5) is 2.26. The molecule has 0 unspecified atom stereocenters. The normalized spacial score (nSPS) is 17.6. The molecule has 2 aromatic rings.